The molecule has 3 aliphatic heterocycles. The van der Waals surface area contributed by atoms with Crippen LogP contribution in [0, 0.1) is 0 Å². The van der Waals surface area contributed by atoms with Crippen molar-refractivity contribution in [1.29, 1.82) is 0 Å². The van der Waals surface area contributed by atoms with E-state index < -0.39 is 0 Å². The lowest BCUT2D eigenvalue weighted by Crippen LogP contribution is -2.22. The number of unbranched alkanes of at least 4 members (excludes halogenated alkanes) is 6. The van der Waals surface area contributed by atoms with E-state index >= 15 is 0 Å². The van der Waals surface area contributed by atoms with Gasteiger partial charge in [0, 0.05) is 71.7 Å². The third-order valence-corrected chi connectivity index (χ3v) is 19.9. The number of rotatable bonds is 10. The number of thiophene rings is 4. The normalized spacial score (nSPS) is 14.0. The summed E-state index contributed by atoms with van der Waals surface area (Å²) in [6.07, 6.45) is 14.3. The van der Waals surface area contributed by atoms with Crippen LogP contribution in [-0.2, 0) is 25.7 Å². The Hall–Kier alpha value is -4.02. The minimum absolute atomic E-state index is 1.05. The number of aryl methyl sites for hydroxylation is 4. The van der Waals surface area contributed by atoms with Gasteiger partial charge < -0.3 is 9.80 Å². The van der Waals surface area contributed by atoms with Crippen LogP contribution in [0.4, 0.5) is 22.7 Å². The smallest absolute Gasteiger partial charge is 0.0553 e. The van der Waals surface area contributed by atoms with Crippen LogP contribution in [0.15, 0.2) is 141 Å². The SMILES string of the molecule is CCCCCCN1c2ccc3cc2Sc2cc(ccc21)-c1ccc(s1)CCc1ccc(s1)-c1ccc2c(c1)Sc1cc(ccc1N2CCCCCC)-c1ccc(s1)CCc1ccc-3s1. The molecular formula is C56H54N2S6. The number of fused-ring (bicyclic) bond motifs is 16. The predicted molar refractivity (Wildman–Crippen MR) is 284 cm³/mol. The zero-order valence-corrected chi connectivity index (χ0v) is 41.7. The molecule has 0 aliphatic carbocycles. The quantitative estimate of drug-likeness (QED) is 0.126. The van der Waals surface area contributed by atoms with Gasteiger partial charge in [-0.25, -0.2) is 0 Å². The first-order chi connectivity index (χ1) is 31.6. The van der Waals surface area contributed by atoms with Gasteiger partial charge in [-0.1, -0.05) is 100 Å². The first-order valence-corrected chi connectivity index (χ1v) is 28.3. The highest BCUT2D eigenvalue weighted by Gasteiger charge is 2.27. The van der Waals surface area contributed by atoms with E-state index in [-0.39, 0.29) is 0 Å². The maximum atomic E-state index is 2.61. The highest BCUT2D eigenvalue weighted by atomic mass is 32.2. The van der Waals surface area contributed by atoms with Crippen LogP contribution in [0.1, 0.15) is 84.7 Å². The van der Waals surface area contributed by atoms with Gasteiger partial charge in [-0.05, 0) is 158 Å². The maximum Gasteiger partial charge on any atom is 0.0553 e. The fourth-order valence-corrected chi connectivity index (χ4v) is 15.8. The van der Waals surface area contributed by atoms with Gasteiger partial charge in [0.05, 0.1) is 22.7 Å². The standard InChI is InChI=1S/C56H54N2S6/c1-3-5-7-9-31-57-45-23-11-37-33-53(45)63-54-34-38(12-24-46(54)57)50-28-20-42(60-50)16-18-44-22-30-52(62-44)40-14-26-48-56(36-40)64-55-35-39(13-25-47(55)58(48)32-10-8-6-4-2)51-29-21-43(61-51)17-15-41-19-27-49(37)59-41/h11-14,19-30,33-36H,3-10,15-18,31-32H2,1-2H3. The minimum atomic E-state index is 1.05. The molecule has 64 heavy (non-hydrogen) atoms. The molecule has 0 radical (unpaired) electrons. The molecule has 3 aliphatic rings. The predicted octanol–water partition coefficient (Wildman–Crippen LogP) is 18.9. The van der Waals surface area contributed by atoms with Gasteiger partial charge >= 0.3 is 0 Å². The number of hydrogen-bond donors (Lipinski definition) is 0. The molecule has 2 nitrogen and oxygen atoms in total. The van der Waals surface area contributed by atoms with Gasteiger partial charge in [0.15, 0.2) is 0 Å². The number of anilines is 4. The summed E-state index contributed by atoms with van der Waals surface area (Å²) in [4.78, 5) is 22.0. The van der Waals surface area contributed by atoms with Gasteiger partial charge in [-0.3, -0.25) is 0 Å². The highest BCUT2D eigenvalue weighted by molar-refractivity contribution is 8.00. The Morgan fingerprint density at radius 1 is 0.344 bits per heavy atom. The number of hydrogen-bond acceptors (Lipinski definition) is 8. The molecule has 0 N–H and O–H groups in total. The van der Waals surface area contributed by atoms with Crippen molar-refractivity contribution in [2.45, 2.75) is 110 Å². The van der Waals surface area contributed by atoms with E-state index in [0.717, 1.165) is 38.8 Å². The summed E-state index contributed by atoms with van der Waals surface area (Å²) in [6.45, 7) is 6.71. The third kappa shape index (κ3) is 8.83. The van der Waals surface area contributed by atoms with Gasteiger partial charge in [0.1, 0.15) is 0 Å². The molecule has 0 atom stereocenters. The lowest BCUT2D eigenvalue weighted by Gasteiger charge is -2.33. The first-order valence-electron chi connectivity index (χ1n) is 23.4. The van der Waals surface area contributed by atoms with Crippen LogP contribution >= 0.6 is 68.9 Å². The van der Waals surface area contributed by atoms with Crippen molar-refractivity contribution >= 4 is 91.6 Å². The van der Waals surface area contributed by atoms with Crippen molar-refractivity contribution in [3.8, 4) is 41.8 Å². The Kier molecular flexibility index (Phi) is 12.7. The van der Waals surface area contributed by atoms with E-state index in [1.807, 2.05) is 68.9 Å². The molecule has 0 fully saturated rings. The first kappa shape index (κ1) is 42.6. The summed E-state index contributed by atoms with van der Waals surface area (Å²) >= 11 is 11.8. The minimum Gasteiger partial charge on any atom is -0.340 e. The van der Waals surface area contributed by atoms with Crippen LogP contribution in [0.3, 0.4) is 0 Å². The summed E-state index contributed by atoms with van der Waals surface area (Å²) in [6, 6.07) is 47.8. The van der Waals surface area contributed by atoms with Crippen molar-refractivity contribution in [1.82, 2.24) is 0 Å². The van der Waals surface area contributed by atoms with Crippen LogP contribution in [0.25, 0.3) is 41.8 Å². The van der Waals surface area contributed by atoms with E-state index in [2.05, 4.69) is 145 Å². The second-order valence-corrected chi connectivity index (χ2v) is 24.3. The lowest BCUT2D eigenvalue weighted by atomic mass is 10.1. The largest absolute Gasteiger partial charge is 0.340 e. The van der Waals surface area contributed by atoms with E-state index in [9.17, 15) is 0 Å². The Balaban J connectivity index is 0.937. The van der Waals surface area contributed by atoms with E-state index in [4.69, 9.17) is 0 Å². The molecule has 16 bridgehead atoms. The molecule has 0 saturated carbocycles. The fourth-order valence-electron chi connectivity index (χ4n) is 9.42. The second kappa shape index (κ2) is 19.1. The zero-order chi connectivity index (χ0) is 43.0. The Morgan fingerprint density at radius 3 is 0.922 bits per heavy atom. The maximum absolute atomic E-state index is 2.61. The Morgan fingerprint density at radius 2 is 0.641 bits per heavy atom. The number of nitrogens with zero attached hydrogens (tertiary/aromatic N) is 2. The molecule has 0 unspecified atom stereocenters. The molecule has 7 heterocycles. The Labute approximate surface area is 404 Å². The van der Waals surface area contributed by atoms with Crippen molar-refractivity contribution in [3.05, 3.63) is 141 Å². The van der Waals surface area contributed by atoms with Crippen molar-refractivity contribution in [2.24, 2.45) is 0 Å². The topological polar surface area (TPSA) is 6.48 Å². The number of benzene rings is 4. The molecule has 8 heteroatoms. The summed E-state index contributed by atoms with van der Waals surface area (Å²) in [5.74, 6) is 0. The highest BCUT2D eigenvalue weighted by Crippen LogP contribution is 2.53. The van der Waals surface area contributed by atoms with Crippen LogP contribution in [0.2, 0.25) is 0 Å². The second-order valence-electron chi connectivity index (χ2n) is 17.4. The molecule has 324 valence electrons. The third-order valence-electron chi connectivity index (χ3n) is 12.9. The van der Waals surface area contributed by atoms with Crippen molar-refractivity contribution < 1.29 is 0 Å². The molecule has 0 amide bonds. The van der Waals surface area contributed by atoms with E-state index in [1.165, 1.54) is 155 Å². The van der Waals surface area contributed by atoms with Gasteiger partial charge in [-0.15, -0.1) is 45.3 Å². The lowest BCUT2D eigenvalue weighted by molar-refractivity contribution is 0.666. The average Bonchev–Trinajstić information content (AvgIpc) is 4.17. The average molecular weight is 947 g/mol. The fraction of sp³-hybridized carbons (Fsp3) is 0.286. The molecule has 4 aromatic heterocycles. The molecule has 8 aromatic rings. The molecular weight excluding hydrogens is 893 g/mol. The molecule has 0 spiro atoms. The van der Waals surface area contributed by atoms with Crippen molar-refractivity contribution in [3.63, 3.8) is 0 Å². The molecule has 11 rings (SSSR count). The van der Waals surface area contributed by atoms with Crippen LogP contribution < -0.4 is 9.80 Å². The zero-order valence-electron chi connectivity index (χ0n) is 36.8. The summed E-state index contributed by atoms with van der Waals surface area (Å²) in [5, 5.41) is 0. The molecule has 4 aromatic carbocycles. The van der Waals surface area contributed by atoms with E-state index in [1.54, 1.807) is 0 Å². The summed E-state index contributed by atoms with van der Waals surface area (Å²) < 4.78 is 0. The van der Waals surface area contributed by atoms with Gasteiger partial charge in [-0.2, -0.15) is 0 Å². The van der Waals surface area contributed by atoms with Gasteiger partial charge in [0.25, 0.3) is 0 Å². The van der Waals surface area contributed by atoms with E-state index in [0.29, 0.717) is 0 Å². The Bertz CT molecular complexity index is 2540. The summed E-state index contributed by atoms with van der Waals surface area (Å²) in [7, 11) is 0. The monoisotopic (exact) mass is 946 g/mol. The van der Waals surface area contributed by atoms with Crippen LogP contribution in [0.5, 0.6) is 0 Å². The van der Waals surface area contributed by atoms with Crippen LogP contribution in [-0.4, -0.2) is 13.1 Å². The molecule has 0 saturated heterocycles. The summed E-state index contributed by atoms with van der Waals surface area (Å²) in [5.41, 5.74) is 10.7. The van der Waals surface area contributed by atoms with Gasteiger partial charge in [0.2, 0.25) is 0 Å². The van der Waals surface area contributed by atoms with Crippen molar-refractivity contribution in [2.75, 3.05) is 22.9 Å².